The second-order valence-electron chi connectivity index (χ2n) is 6.41. The van der Waals surface area contributed by atoms with Gasteiger partial charge in [0.1, 0.15) is 0 Å². The minimum absolute atomic E-state index is 0.293. The van der Waals surface area contributed by atoms with Gasteiger partial charge in [0.25, 0.3) is 5.91 Å². The van der Waals surface area contributed by atoms with Crippen molar-refractivity contribution in [2.24, 2.45) is 0 Å². The molecule has 2 heterocycles. The lowest BCUT2D eigenvalue weighted by Crippen LogP contribution is -2.13. The van der Waals surface area contributed by atoms with Crippen LogP contribution in [-0.4, -0.2) is 25.9 Å². The number of benzene rings is 2. The standard InChI is InChI=1S/C21H14Cl3N5O/c1-12-15(3-2-4-17(12)22)13-5-6-16(18(23)9-13)21(30)28-14-10-19(24)20(25-11-14)29-26-7-8-27-29/h2-11H,1H3,(H,28,30). The van der Waals surface area contributed by atoms with Crippen molar-refractivity contribution in [2.45, 2.75) is 6.92 Å². The normalized spacial score (nSPS) is 10.8. The Labute approximate surface area is 187 Å². The number of halogens is 3. The molecule has 1 N–H and O–H groups in total. The van der Waals surface area contributed by atoms with E-state index in [9.17, 15) is 4.79 Å². The Morgan fingerprint density at radius 2 is 1.73 bits per heavy atom. The van der Waals surface area contributed by atoms with E-state index in [0.717, 1.165) is 16.7 Å². The molecule has 1 amide bonds. The Hall–Kier alpha value is -2.93. The number of pyridine rings is 1. The first kappa shape index (κ1) is 20.3. The quantitative estimate of drug-likeness (QED) is 0.416. The summed E-state index contributed by atoms with van der Waals surface area (Å²) in [7, 11) is 0. The van der Waals surface area contributed by atoms with Crippen LogP contribution in [0.5, 0.6) is 0 Å². The average Bonchev–Trinajstić information content (AvgIpc) is 3.24. The predicted octanol–water partition coefficient (Wildman–Crippen LogP) is 5.85. The fourth-order valence-electron chi connectivity index (χ4n) is 2.96. The Morgan fingerprint density at radius 1 is 0.967 bits per heavy atom. The van der Waals surface area contributed by atoms with Gasteiger partial charge in [-0.25, -0.2) is 4.98 Å². The average molecular weight is 459 g/mol. The van der Waals surface area contributed by atoms with Crippen LogP contribution >= 0.6 is 34.8 Å². The predicted molar refractivity (Wildman–Crippen MR) is 119 cm³/mol. The molecule has 150 valence electrons. The third-order valence-electron chi connectivity index (χ3n) is 4.48. The van der Waals surface area contributed by atoms with Crippen LogP contribution in [0.1, 0.15) is 15.9 Å². The number of aromatic nitrogens is 4. The van der Waals surface area contributed by atoms with Gasteiger partial charge in [0.05, 0.1) is 39.9 Å². The monoisotopic (exact) mass is 457 g/mol. The summed E-state index contributed by atoms with van der Waals surface area (Å²) in [5.74, 6) is -0.0175. The minimum atomic E-state index is -0.378. The Kier molecular flexibility index (Phi) is 5.72. The molecule has 2 aromatic carbocycles. The number of nitrogens with zero attached hydrogens (tertiary/aromatic N) is 4. The van der Waals surface area contributed by atoms with E-state index in [2.05, 4.69) is 20.5 Å². The van der Waals surface area contributed by atoms with Crippen LogP contribution in [0.25, 0.3) is 16.9 Å². The van der Waals surface area contributed by atoms with Crippen molar-refractivity contribution in [2.75, 3.05) is 5.32 Å². The van der Waals surface area contributed by atoms with Crippen LogP contribution in [0.4, 0.5) is 5.69 Å². The summed E-state index contributed by atoms with van der Waals surface area (Å²) < 4.78 is 0. The number of carbonyl (C=O) groups excluding carboxylic acids is 1. The van der Waals surface area contributed by atoms with E-state index in [1.807, 2.05) is 31.2 Å². The zero-order valence-corrected chi connectivity index (χ0v) is 17.9. The first-order valence-corrected chi connectivity index (χ1v) is 9.96. The highest BCUT2D eigenvalue weighted by Gasteiger charge is 2.15. The number of hydrogen-bond donors (Lipinski definition) is 1. The zero-order valence-electron chi connectivity index (χ0n) is 15.6. The Balaban J connectivity index is 1.57. The fourth-order valence-corrected chi connectivity index (χ4v) is 3.64. The summed E-state index contributed by atoms with van der Waals surface area (Å²) in [5.41, 5.74) is 3.52. The second-order valence-corrected chi connectivity index (χ2v) is 7.63. The topological polar surface area (TPSA) is 72.7 Å². The highest BCUT2D eigenvalue weighted by atomic mass is 35.5. The maximum absolute atomic E-state index is 12.7. The van der Waals surface area contributed by atoms with Crippen molar-refractivity contribution in [1.82, 2.24) is 20.0 Å². The van der Waals surface area contributed by atoms with Crippen molar-refractivity contribution < 1.29 is 4.79 Å². The molecule has 0 aliphatic carbocycles. The third kappa shape index (κ3) is 4.03. The van der Waals surface area contributed by atoms with Crippen LogP contribution in [0.3, 0.4) is 0 Å². The van der Waals surface area contributed by atoms with E-state index in [1.54, 1.807) is 18.2 Å². The number of amides is 1. The molecule has 2 aromatic heterocycles. The number of nitrogens with one attached hydrogen (secondary N) is 1. The minimum Gasteiger partial charge on any atom is -0.320 e. The highest BCUT2D eigenvalue weighted by molar-refractivity contribution is 6.35. The van der Waals surface area contributed by atoms with Crippen molar-refractivity contribution in [3.05, 3.63) is 87.2 Å². The van der Waals surface area contributed by atoms with E-state index in [4.69, 9.17) is 34.8 Å². The number of carbonyl (C=O) groups is 1. The van der Waals surface area contributed by atoms with Gasteiger partial charge >= 0.3 is 0 Å². The van der Waals surface area contributed by atoms with Gasteiger partial charge in [-0.3, -0.25) is 4.79 Å². The second kappa shape index (κ2) is 8.44. The van der Waals surface area contributed by atoms with Gasteiger partial charge in [-0.1, -0.05) is 53.0 Å². The molecule has 0 bridgehead atoms. The lowest BCUT2D eigenvalue weighted by molar-refractivity contribution is 0.102. The number of anilines is 1. The highest BCUT2D eigenvalue weighted by Crippen LogP contribution is 2.31. The van der Waals surface area contributed by atoms with Crippen LogP contribution in [0.15, 0.2) is 61.1 Å². The van der Waals surface area contributed by atoms with E-state index in [0.29, 0.717) is 32.1 Å². The Bertz CT molecular complexity index is 1240. The summed E-state index contributed by atoms with van der Waals surface area (Å²) in [6.07, 6.45) is 4.51. The molecular weight excluding hydrogens is 445 g/mol. The largest absolute Gasteiger partial charge is 0.320 e. The maximum atomic E-state index is 12.7. The molecule has 6 nitrogen and oxygen atoms in total. The molecule has 0 spiro atoms. The molecule has 30 heavy (non-hydrogen) atoms. The summed E-state index contributed by atoms with van der Waals surface area (Å²) in [6.45, 7) is 1.94. The lowest BCUT2D eigenvalue weighted by atomic mass is 9.99. The first-order valence-electron chi connectivity index (χ1n) is 8.82. The molecule has 0 aliphatic rings. The molecule has 0 saturated heterocycles. The molecule has 0 unspecified atom stereocenters. The third-order valence-corrected chi connectivity index (χ3v) is 5.48. The van der Waals surface area contributed by atoms with Gasteiger partial charge in [-0.2, -0.15) is 10.2 Å². The van der Waals surface area contributed by atoms with Crippen molar-refractivity contribution in [1.29, 1.82) is 0 Å². The molecule has 0 saturated carbocycles. The Morgan fingerprint density at radius 3 is 2.43 bits per heavy atom. The van der Waals surface area contributed by atoms with Crippen LogP contribution in [0, 0.1) is 6.92 Å². The molecule has 0 atom stereocenters. The summed E-state index contributed by atoms with van der Waals surface area (Å²) in [5, 5.41) is 12.0. The molecule has 0 fully saturated rings. The van der Waals surface area contributed by atoms with Gasteiger partial charge in [0.15, 0.2) is 5.82 Å². The number of rotatable bonds is 4. The molecular formula is C21H14Cl3N5O. The van der Waals surface area contributed by atoms with Crippen molar-refractivity contribution >= 4 is 46.4 Å². The van der Waals surface area contributed by atoms with Gasteiger partial charge in [-0.05, 0) is 47.9 Å². The smallest absolute Gasteiger partial charge is 0.257 e. The summed E-state index contributed by atoms with van der Waals surface area (Å²) in [4.78, 5) is 18.2. The van der Waals surface area contributed by atoms with E-state index < -0.39 is 0 Å². The SMILES string of the molecule is Cc1c(Cl)cccc1-c1ccc(C(=O)Nc2cnc(-n3nccn3)c(Cl)c2)c(Cl)c1. The van der Waals surface area contributed by atoms with Crippen LogP contribution in [0.2, 0.25) is 15.1 Å². The fraction of sp³-hybridized carbons (Fsp3) is 0.0476. The van der Waals surface area contributed by atoms with Crippen LogP contribution < -0.4 is 5.32 Å². The van der Waals surface area contributed by atoms with Gasteiger partial charge in [0.2, 0.25) is 0 Å². The molecule has 4 rings (SSSR count). The molecule has 9 heteroatoms. The van der Waals surface area contributed by atoms with Crippen molar-refractivity contribution in [3.63, 3.8) is 0 Å². The molecule has 0 radical (unpaired) electrons. The van der Waals surface area contributed by atoms with Crippen molar-refractivity contribution in [3.8, 4) is 16.9 Å². The lowest BCUT2D eigenvalue weighted by Gasteiger charge is -2.11. The van der Waals surface area contributed by atoms with Gasteiger partial charge in [0, 0.05) is 5.02 Å². The van der Waals surface area contributed by atoms with E-state index in [1.165, 1.54) is 23.4 Å². The maximum Gasteiger partial charge on any atom is 0.257 e. The summed E-state index contributed by atoms with van der Waals surface area (Å²) >= 11 is 18.9. The number of hydrogen-bond acceptors (Lipinski definition) is 4. The summed E-state index contributed by atoms with van der Waals surface area (Å²) in [6, 6.07) is 12.5. The molecule has 0 aliphatic heterocycles. The van der Waals surface area contributed by atoms with E-state index in [-0.39, 0.29) is 5.91 Å². The zero-order chi connectivity index (χ0) is 21.3. The van der Waals surface area contributed by atoms with Crippen LogP contribution in [-0.2, 0) is 0 Å². The van der Waals surface area contributed by atoms with Gasteiger partial charge < -0.3 is 5.32 Å². The first-order chi connectivity index (χ1) is 14.4. The van der Waals surface area contributed by atoms with Gasteiger partial charge in [-0.15, -0.1) is 4.80 Å². The molecule has 4 aromatic rings. The van der Waals surface area contributed by atoms with E-state index >= 15 is 0 Å².